The molecule has 0 amide bonds. The minimum absolute atomic E-state index is 0.0993. The quantitative estimate of drug-likeness (QED) is 0.619. The summed E-state index contributed by atoms with van der Waals surface area (Å²) in [7, 11) is 0. The van der Waals surface area contributed by atoms with Gasteiger partial charge in [0.15, 0.2) is 0 Å². The third-order valence-electron chi connectivity index (χ3n) is 2.13. The number of benzene rings is 1. The molecule has 100 valence electrons. The average molecular weight is 254 g/mol. The van der Waals surface area contributed by atoms with Gasteiger partial charge in [0.1, 0.15) is 0 Å². The Hall–Kier alpha value is -1.95. The smallest absolute Gasteiger partial charge is 0.303 e. The molecule has 0 bridgehead atoms. The Morgan fingerprint density at radius 3 is 2.22 bits per heavy atom. The number of nitro benzene ring substituents is 1. The van der Waals surface area contributed by atoms with Crippen molar-refractivity contribution >= 4 is 11.7 Å². The Labute approximate surface area is 106 Å². The maximum absolute atomic E-state index is 10.2. The number of unbranched alkanes of at least 4 members (excludes halogenated alkanes) is 1. The van der Waals surface area contributed by atoms with E-state index in [1.54, 1.807) is 12.1 Å². The van der Waals surface area contributed by atoms with Crippen molar-refractivity contribution in [3.63, 3.8) is 0 Å². The van der Waals surface area contributed by atoms with Gasteiger partial charge in [-0.2, -0.15) is 0 Å². The molecule has 0 radical (unpaired) electrons. The molecule has 0 aliphatic rings. The fourth-order valence-electron chi connectivity index (χ4n) is 1.08. The van der Waals surface area contributed by atoms with Crippen molar-refractivity contribution in [1.82, 2.24) is 0 Å². The van der Waals surface area contributed by atoms with Crippen LogP contribution in [-0.4, -0.2) is 16.0 Å². The Kier molecular flexibility index (Phi) is 8.13. The summed E-state index contributed by atoms with van der Waals surface area (Å²) in [6.07, 6.45) is 2.08. The zero-order valence-electron chi connectivity index (χ0n) is 10.3. The second-order valence-electron chi connectivity index (χ2n) is 3.62. The minimum Gasteiger partial charge on any atom is -0.481 e. The molecule has 0 saturated heterocycles. The number of nitro groups is 1. The highest BCUT2D eigenvalue weighted by Crippen LogP contribution is 2.10. The van der Waals surface area contributed by atoms with E-state index in [0.717, 1.165) is 18.4 Å². The number of hydrogen-bond donors (Lipinski definition) is 2. The number of aliphatic carboxylic acids is 1. The lowest BCUT2D eigenvalue weighted by Gasteiger charge is -1.93. The molecule has 0 aromatic heterocycles. The molecular formula is C12H18N2O4. The van der Waals surface area contributed by atoms with Crippen molar-refractivity contribution in [3.05, 3.63) is 39.9 Å². The number of carbonyl (C=O) groups is 1. The number of hydrogen-bond acceptors (Lipinski definition) is 4. The summed E-state index contributed by atoms with van der Waals surface area (Å²) in [6.45, 7) is 2.39. The van der Waals surface area contributed by atoms with Crippen LogP contribution in [0.5, 0.6) is 0 Å². The summed E-state index contributed by atoms with van der Waals surface area (Å²) < 4.78 is 0. The van der Waals surface area contributed by atoms with Gasteiger partial charge in [-0.15, -0.1) is 0 Å². The van der Waals surface area contributed by atoms with Gasteiger partial charge in [-0.1, -0.05) is 25.5 Å². The Morgan fingerprint density at radius 2 is 1.94 bits per heavy atom. The fraction of sp³-hybridized carbons (Fsp3) is 0.417. The summed E-state index contributed by atoms with van der Waals surface area (Å²) in [5.41, 5.74) is 6.30. The zero-order valence-corrected chi connectivity index (χ0v) is 10.3. The van der Waals surface area contributed by atoms with Crippen LogP contribution >= 0.6 is 0 Å². The van der Waals surface area contributed by atoms with Gasteiger partial charge in [0.2, 0.25) is 0 Å². The Balaban J connectivity index is 0.000000360. The zero-order chi connectivity index (χ0) is 14.0. The second kappa shape index (κ2) is 9.12. The van der Waals surface area contributed by atoms with Crippen molar-refractivity contribution in [3.8, 4) is 0 Å². The van der Waals surface area contributed by atoms with Gasteiger partial charge in [-0.25, -0.2) is 0 Å². The lowest BCUT2D eigenvalue weighted by atomic mass is 10.2. The molecule has 1 rings (SSSR count). The first-order valence-electron chi connectivity index (χ1n) is 5.66. The van der Waals surface area contributed by atoms with Crippen molar-refractivity contribution in [2.75, 3.05) is 0 Å². The first-order valence-corrected chi connectivity index (χ1v) is 5.66. The molecule has 0 heterocycles. The van der Waals surface area contributed by atoms with E-state index >= 15 is 0 Å². The molecule has 0 unspecified atom stereocenters. The molecule has 0 aliphatic carbocycles. The van der Waals surface area contributed by atoms with Crippen LogP contribution < -0.4 is 5.73 Å². The molecular weight excluding hydrogens is 236 g/mol. The van der Waals surface area contributed by atoms with E-state index in [1.165, 1.54) is 12.1 Å². The van der Waals surface area contributed by atoms with Crippen LogP contribution in [0, 0.1) is 10.1 Å². The van der Waals surface area contributed by atoms with Crippen LogP contribution in [0.25, 0.3) is 0 Å². The van der Waals surface area contributed by atoms with Crippen molar-refractivity contribution in [2.45, 2.75) is 32.7 Å². The maximum atomic E-state index is 10.2. The van der Waals surface area contributed by atoms with E-state index in [0.29, 0.717) is 13.0 Å². The first-order chi connectivity index (χ1) is 8.51. The van der Waals surface area contributed by atoms with E-state index in [4.69, 9.17) is 10.8 Å². The molecule has 3 N–H and O–H groups in total. The van der Waals surface area contributed by atoms with Crippen LogP contribution in [-0.2, 0) is 11.3 Å². The molecule has 0 atom stereocenters. The normalized spacial score (nSPS) is 9.22. The van der Waals surface area contributed by atoms with Crippen LogP contribution in [0.1, 0.15) is 31.7 Å². The lowest BCUT2D eigenvalue weighted by Crippen LogP contribution is -1.96. The van der Waals surface area contributed by atoms with E-state index in [2.05, 4.69) is 0 Å². The number of nitrogens with two attached hydrogens (primary N) is 1. The summed E-state index contributed by atoms with van der Waals surface area (Å²) in [4.78, 5) is 19.5. The number of rotatable bonds is 5. The van der Waals surface area contributed by atoms with Crippen LogP contribution in [0.15, 0.2) is 24.3 Å². The monoisotopic (exact) mass is 254 g/mol. The highest BCUT2D eigenvalue weighted by molar-refractivity contribution is 5.66. The van der Waals surface area contributed by atoms with Gasteiger partial charge in [0.05, 0.1) is 4.92 Å². The molecule has 0 spiro atoms. The van der Waals surface area contributed by atoms with Gasteiger partial charge in [0.25, 0.3) is 5.69 Å². The largest absolute Gasteiger partial charge is 0.481 e. The van der Waals surface area contributed by atoms with E-state index in [1.807, 2.05) is 6.92 Å². The SMILES string of the molecule is CCCCC(=O)O.NCc1ccc([N+](=O)[O-])cc1. The van der Waals surface area contributed by atoms with E-state index in [-0.39, 0.29) is 5.69 Å². The third kappa shape index (κ3) is 7.34. The summed E-state index contributed by atoms with van der Waals surface area (Å²) in [6, 6.07) is 6.20. The van der Waals surface area contributed by atoms with Gasteiger partial charge < -0.3 is 10.8 Å². The fourth-order valence-corrected chi connectivity index (χ4v) is 1.08. The molecule has 6 nitrogen and oxygen atoms in total. The van der Waals surface area contributed by atoms with Gasteiger partial charge in [0, 0.05) is 25.1 Å². The van der Waals surface area contributed by atoms with Crippen molar-refractivity contribution in [1.29, 1.82) is 0 Å². The molecule has 0 fully saturated rings. The molecule has 6 heteroatoms. The van der Waals surface area contributed by atoms with Crippen molar-refractivity contribution < 1.29 is 14.8 Å². The molecule has 0 aliphatic heterocycles. The standard InChI is InChI=1S/C7H8N2O2.C5H10O2/c8-5-6-1-3-7(4-2-6)9(10)11;1-2-3-4-5(6)7/h1-4H,5,8H2;2-4H2,1H3,(H,6,7). The van der Waals surface area contributed by atoms with Crippen LogP contribution in [0.3, 0.4) is 0 Å². The first kappa shape index (κ1) is 16.1. The predicted octanol–water partition coefficient (Wildman–Crippen LogP) is 2.31. The summed E-state index contributed by atoms with van der Waals surface area (Å²) in [5, 5.41) is 18.2. The Morgan fingerprint density at radius 1 is 1.39 bits per heavy atom. The van der Waals surface area contributed by atoms with Crippen LogP contribution in [0.4, 0.5) is 5.69 Å². The highest BCUT2D eigenvalue weighted by Gasteiger charge is 2.01. The summed E-state index contributed by atoms with van der Waals surface area (Å²) >= 11 is 0. The van der Waals surface area contributed by atoms with Gasteiger partial charge in [-0.05, 0) is 12.0 Å². The topological polar surface area (TPSA) is 106 Å². The van der Waals surface area contributed by atoms with Crippen molar-refractivity contribution in [2.24, 2.45) is 5.73 Å². The molecule has 0 saturated carbocycles. The maximum Gasteiger partial charge on any atom is 0.303 e. The number of nitrogens with zero attached hydrogens (tertiary/aromatic N) is 1. The average Bonchev–Trinajstić information content (AvgIpc) is 2.37. The number of carboxylic acid groups (broad SMARTS) is 1. The van der Waals surface area contributed by atoms with Crippen LogP contribution in [0.2, 0.25) is 0 Å². The number of non-ortho nitro benzene ring substituents is 1. The van der Waals surface area contributed by atoms with Gasteiger partial charge in [-0.3, -0.25) is 14.9 Å². The minimum atomic E-state index is -0.693. The van der Waals surface area contributed by atoms with E-state index in [9.17, 15) is 14.9 Å². The molecule has 18 heavy (non-hydrogen) atoms. The second-order valence-corrected chi connectivity index (χ2v) is 3.62. The third-order valence-corrected chi connectivity index (χ3v) is 2.13. The number of carboxylic acids is 1. The van der Waals surface area contributed by atoms with E-state index < -0.39 is 10.9 Å². The highest BCUT2D eigenvalue weighted by atomic mass is 16.6. The summed E-state index contributed by atoms with van der Waals surface area (Å²) in [5.74, 6) is -0.693. The predicted molar refractivity (Wildman–Crippen MR) is 68.1 cm³/mol. The van der Waals surface area contributed by atoms with Gasteiger partial charge >= 0.3 is 5.97 Å². The molecule has 1 aromatic rings. The Bertz CT molecular complexity index is 376. The lowest BCUT2D eigenvalue weighted by molar-refractivity contribution is -0.384. The molecule has 1 aromatic carbocycles.